The van der Waals surface area contributed by atoms with Crippen molar-refractivity contribution >= 4 is 17.2 Å². The molecule has 8 heteroatoms. The Bertz CT molecular complexity index is 902. The van der Waals surface area contributed by atoms with Crippen molar-refractivity contribution in [2.45, 2.75) is 31.7 Å². The van der Waals surface area contributed by atoms with Crippen LogP contribution >= 0.6 is 0 Å². The van der Waals surface area contributed by atoms with Crippen molar-refractivity contribution in [2.75, 3.05) is 26.7 Å². The lowest BCUT2D eigenvalue weighted by Crippen LogP contribution is -2.28. The van der Waals surface area contributed by atoms with Gasteiger partial charge in [0.2, 0.25) is 11.3 Å². The van der Waals surface area contributed by atoms with E-state index in [2.05, 4.69) is 22.2 Å². The molecule has 1 aliphatic rings. The molecule has 0 bridgehead atoms. The third-order valence-electron chi connectivity index (χ3n) is 5.45. The summed E-state index contributed by atoms with van der Waals surface area (Å²) in [5, 5.41) is 3.37. The molecule has 1 atom stereocenters. The molecule has 0 saturated carbocycles. The van der Waals surface area contributed by atoms with E-state index in [0.29, 0.717) is 18.9 Å². The number of benzene rings is 2. The summed E-state index contributed by atoms with van der Waals surface area (Å²) in [6.07, 6.45) is 2.79. The smallest absolute Gasteiger partial charge is 0.337 e. The molecule has 0 aromatic heterocycles. The molecule has 0 radical (unpaired) electrons. The Morgan fingerprint density at radius 3 is 2.70 bits per heavy atom. The molecule has 3 rings (SSSR count). The minimum absolute atomic E-state index is 0.0373. The number of piperidine rings is 1. The fraction of sp³-hybridized carbons (Fsp3) is 0.409. The molecule has 1 heterocycles. The highest BCUT2D eigenvalue weighted by molar-refractivity contribution is 7.76. The lowest BCUT2D eigenvalue weighted by Gasteiger charge is -2.23. The molecule has 0 aliphatic carbocycles. The Balaban J connectivity index is 1.65. The van der Waals surface area contributed by atoms with E-state index in [1.54, 1.807) is 0 Å². The second-order valence-electron chi connectivity index (χ2n) is 7.41. The Hall–Kier alpha value is -2.13. The molecule has 1 aliphatic heterocycles. The maximum atomic E-state index is 14.4. The predicted octanol–water partition coefficient (Wildman–Crippen LogP) is 3.26. The van der Waals surface area contributed by atoms with E-state index in [-0.39, 0.29) is 17.7 Å². The van der Waals surface area contributed by atoms with E-state index >= 15 is 0 Å². The summed E-state index contributed by atoms with van der Waals surface area (Å²) in [6, 6.07) is 12.3. The number of rotatable bonds is 8. The van der Waals surface area contributed by atoms with Crippen LogP contribution in [0, 0.1) is 5.82 Å². The summed E-state index contributed by atoms with van der Waals surface area (Å²) in [5.41, 5.74) is 2.73. The van der Waals surface area contributed by atoms with Crippen LogP contribution in [-0.2, 0) is 29.0 Å². The average molecular weight is 435 g/mol. The third kappa shape index (κ3) is 5.95. The zero-order valence-corrected chi connectivity index (χ0v) is 17.8. The second kappa shape index (κ2) is 10.8. The Labute approximate surface area is 178 Å². The number of nitrogens with zero attached hydrogens (tertiary/aromatic N) is 1. The van der Waals surface area contributed by atoms with Crippen LogP contribution in [0.4, 0.5) is 4.39 Å². The molecule has 2 N–H and O–H groups in total. The quantitative estimate of drug-likeness (QED) is 0.493. The Morgan fingerprint density at radius 2 is 2.03 bits per heavy atom. The number of hydrogen-bond acceptors (Lipinski definition) is 4. The van der Waals surface area contributed by atoms with E-state index in [0.717, 1.165) is 37.6 Å². The van der Waals surface area contributed by atoms with E-state index in [4.69, 9.17) is 0 Å². The molecule has 2 aromatic rings. The van der Waals surface area contributed by atoms with Gasteiger partial charge < -0.3 is 10.1 Å². The van der Waals surface area contributed by atoms with Gasteiger partial charge in [-0.2, -0.15) is 4.31 Å². The maximum absolute atomic E-state index is 14.4. The van der Waals surface area contributed by atoms with Crippen molar-refractivity contribution in [1.29, 1.82) is 0 Å². The van der Waals surface area contributed by atoms with Crippen LogP contribution in [0.2, 0.25) is 0 Å². The van der Waals surface area contributed by atoms with Crippen molar-refractivity contribution in [3.8, 4) is 0 Å². The maximum Gasteiger partial charge on any atom is 0.337 e. The van der Waals surface area contributed by atoms with Crippen molar-refractivity contribution in [3.63, 3.8) is 0 Å². The van der Waals surface area contributed by atoms with Gasteiger partial charge in [-0.1, -0.05) is 30.3 Å². The summed E-state index contributed by atoms with van der Waals surface area (Å²) in [4.78, 5) is 11.5. The van der Waals surface area contributed by atoms with Gasteiger partial charge in [0, 0.05) is 18.7 Å². The first kappa shape index (κ1) is 22.6. The van der Waals surface area contributed by atoms with Gasteiger partial charge >= 0.3 is 5.97 Å². The number of esters is 1. The van der Waals surface area contributed by atoms with Crippen molar-refractivity contribution in [3.05, 3.63) is 70.5 Å². The largest absolute Gasteiger partial charge is 0.465 e. The van der Waals surface area contributed by atoms with Crippen LogP contribution in [0.3, 0.4) is 0 Å². The van der Waals surface area contributed by atoms with Gasteiger partial charge in [-0.05, 0) is 61.5 Å². The van der Waals surface area contributed by atoms with Gasteiger partial charge in [0.1, 0.15) is 5.82 Å². The van der Waals surface area contributed by atoms with Gasteiger partial charge in [-0.3, -0.25) is 4.55 Å². The molecule has 162 valence electrons. The normalized spacial score (nSPS) is 15.9. The number of hydrogen-bond donors (Lipinski definition) is 2. The van der Waals surface area contributed by atoms with E-state index in [1.165, 1.54) is 29.1 Å². The summed E-state index contributed by atoms with van der Waals surface area (Å²) in [6.45, 7) is 2.31. The highest BCUT2D eigenvalue weighted by Gasteiger charge is 2.18. The first-order valence-electron chi connectivity index (χ1n) is 10.00. The summed E-state index contributed by atoms with van der Waals surface area (Å²) in [5.74, 6) is -0.699. The minimum atomic E-state index is -2.24. The number of methoxy groups -OCH3 is 1. The summed E-state index contributed by atoms with van der Waals surface area (Å²) < 4.78 is 41.7. The Kier molecular flexibility index (Phi) is 8.09. The number of ether oxygens (including phenoxy) is 1. The number of halogens is 1. The molecule has 0 amide bonds. The molecule has 30 heavy (non-hydrogen) atoms. The number of carbonyl (C=O) groups is 1. The van der Waals surface area contributed by atoms with Gasteiger partial charge in [0.05, 0.1) is 12.7 Å². The molecule has 0 spiro atoms. The molecule has 1 saturated heterocycles. The van der Waals surface area contributed by atoms with Crippen LogP contribution in [-0.4, -0.2) is 45.8 Å². The molecular formula is C22H27FN2O4S. The third-order valence-corrected chi connectivity index (χ3v) is 6.21. The highest BCUT2D eigenvalue weighted by atomic mass is 32.2. The van der Waals surface area contributed by atoms with Crippen molar-refractivity contribution in [2.24, 2.45) is 0 Å². The van der Waals surface area contributed by atoms with E-state index in [1.807, 2.05) is 12.1 Å². The summed E-state index contributed by atoms with van der Waals surface area (Å²) >= 11 is -2.24. The van der Waals surface area contributed by atoms with E-state index < -0.39 is 23.1 Å². The van der Waals surface area contributed by atoms with Gasteiger partial charge in [0.25, 0.3) is 0 Å². The van der Waals surface area contributed by atoms with Gasteiger partial charge in [-0.25, -0.2) is 13.4 Å². The lowest BCUT2D eigenvalue weighted by atomic mass is 9.89. The topological polar surface area (TPSA) is 78.9 Å². The van der Waals surface area contributed by atoms with E-state index in [9.17, 15) is 17.9 Å². The van der Waals surface area contributed by atoms with Crippen molar-refractivity contribution < 1.29 is 22.7 Å². The Morgan fingerprint density at radius 1 is 1.27 bits per heavy atom. The molecule has 6 nitrogen and oxygen atoms in total. The average Bonchev–Trinajstić information content (AvgIpc) is 2.77. The molecular weight excluding hydrogens is 407 g/mol. The first-order chi connectivity index (χ1) is 14.5. The van der Waals surface area contributed by atoms with Crippen LogP contribution in [0.15, 0.2) is 42.5 Å². The van der Waals surface area contributed by atoms with Gasteiger partial charge in [-0.15, -0.1) is 0 Å². The van der Waals surface area contributed by atoms with Crippen molar-refractivity contribution in [1.82, 2.24) is 9.62 Å². The van der Waals surface area contributed by atoms with Crippen LogP contribution < -0.4 is 5.32 Å². The fourth-order valence-corrected chi connectivity index (χ4v) is 4.23. The lowest BCUT2D eigenvalue weighted by molar-refractivity contribution is 0.0600. The molecule has 2 aromatic carbocycles. The predicted molar refractivity (Wildman–Crippen MR) is 114 cm³/mol. The zero-order valence-electron chi connectivity index (χ0n) is 17.0. The standard InChI is InChI=1S/C22H27FN2O4S/c1-29-22(26)19-5-6-20(21(23)14-19)15-25(30(27)28)12-9-16-3-2-4-18(13-16)17-7-10-24-11-8-17/h2-6,13-14,17,24H,7-12,15H2,1H3,(H,27,28). The highest BCUT2D eigenvalue weighted by Crippen LogP contribution is 2.26. The summed E-state index contributed by atoms with van der Waals surface area (Å²) in [7, 11) is 1.23. The minimum Gasteiger partial charge on any atom is -0.465 e. The second-order valence-corrected chi connectivity index (χ2v) is 8.39. The van der Waals surface area contributed by atoms with Crippen LogP contribution in [0.25, 0.3) is 0 Å². The number of nitrogens with one attached hydrogen (secondary N) is 1. The molecule has 1 fully saturated rings. The SMILES string of the molecule is COC(=O)c1ccc(CN(CCc2cccc(C3CCNCC3)c2)S(=O)O)c(F)c1. The van der Waals surface area contributed by atoms with Crippen LogP contribution in [0.1, 0.15) is 45.8 Å². The zero-order chi connectivity index (χ0) is 21.5. The first-order valence-corrected chi connectivity index (χ1v) is 11.1. The van der Waals surface area contributed by atoms with Crippen LogP contribution in [0.5, 0.6) is 0 Å². The monoisotopic (exact) mass is 434 g/mol. The molecule has 1 unspecified atom stereocenters. The van der Waals surface area contributed by atoms with Gasteiger partial charge in [0.15, 0.2) is 0 Å². The fourth-order valence-electron chi connectivity index (χ4n) is 3.73. The number of carbonyl (C=O) groups excluding carboxylic acids is 1.